The lowest BCUT2D eigenvalue weighted by Crippen LogP contribution is -2.52. The number of nitrogens with zero attached hydrogens (tertiary/aromatic N) is 1. The molecular weight excluding hydrogens is 271 g/mol. The summed E-state index contributed by atoms with van der Waals surface area (Å²) in [6.07, 6.45) is -4.73. The molecule has 0 rings (SSSR count). The third kappa shape index (κ3) is 7.11. The molecule has 0 fully saturated rings. The molecule has 1 unspecified atom stereocenters. The molecule has 110 valence electrons. The maximum atomic E-state index is 12.2. The van der Waals surface area contributed by atoms with Crippen LogP contribution in [0.15, 0.2) is 0 Å². The Morgan fingerprint density at radius 3 is 2.21 bits per heavy atom. The van der Waals surface area contributed by atoms with Crippen LogP contribution in [0, 0.1) is 0 Å². The highest BCUT2D eigenvalue weighted by Crippen LogP contribution is 2.16. The van der Waals surface area contributed by atoms with Crippen LogP contribution >= 0.6 is 0 Å². The molecule has 0 aliphatic heterocycles. The van der Waals surface area contributed by atoms with Gasteiger partial charge in [0.25, 0.3) is 0 Å². The summed E-state index contributed by atoms with van der Waals surface area (Å²) >= 11 is 0. The van der Waals surface area contributed by atoms with Crippen molar-refractivity contribution in [2.75, 3.05) is 20.1 Å². The van der Waals surface area contributed by atoms with E-state index in [-0.39, 0.29) is 4.90 Å². The first-order chi connectivity index (χ1) is 8.56. The summed E-state index contributed by atoms with van der Waals surface area (Å²) in [4.78, 5) is 33.0. The van der Waals surface area contributed by atoms with Gasteiger partial charge in [-0.3, -0.25) is 9.59 Å². The molecule has 3 amide bonds. The Morgan fingerprint density at radius 1 is 1.32 bits per heavy atom. The van der Waals surface area contributed by atoms with Crippen molar-refractivity contribution in [2.45, 2.75) is 19.1 Å². The molecule has 0 saturated carbocycles. The molecule has 10 heteroatoms. The maximum Gasteiger partial charge on any atom is 0.406 e. The van der Waals surface area contributed by atoms with Gasteiger partial charge in [-0.05, 0) is 6.92 Å². The SMILES string of the molecule is CNC(=O)C(C)NC(=O)N(CC(=O)O)CC(F)(F)F. The Balaban J connectivity index is 4.72. The zero-order valence-corrected chi connectivity index (χ0v) is 10.2. The number of hydrogen-bond donors (Lipinski definition) is 3. The summed E-state index contributed by atoms with van der Waals surface area (Å²) in [6.45, 7) is -1.58. The molecule has 3 N–H and O–H groups in total. The van der Waals surface area contributed by atoms with Crippen LogP contribution in [0.25, 0.3) is 0 Å². The standard InChI is InChI=1S/C9H14F3N3O4/c1-5(7(18)13-2)14-8(19)15(3-6(16)17)4-9(10,11)12/h5H,3-4H2,1-2H3,(H,13,18)(H,14,19)(H,16,17). The van der Waals surface area contributed by atoms with Gasteiger partial charge in [0.1, 0.15) is 19.1 Å². The van der Waals surface area contributed by atoms with E-state index in [0.717, 1.165) is 0 Å². The van der Waals surface area contributed by atoms with Crippen molar-refractivity contribution in [3.63, 3.8) is 0 Å². The highest BCUT2D eigenvalue weighted by atomic mass is 19.4. The summed E-state index contributed by atoms with van der Waals surface area (Å²) in [5.74, 6) is -2.21. The van der Waals surface area contributed by atoms with E-state index in [1.54, 1.807) is 0 Å². The lowest BCUT2D eigenvalue weighted by molar-refractivity contribution is -0.149. The molecule has 1 atom stereocenters. The molecule has 0 aliphatic rings. The van der Waals surface area contributed by atoms with E-state index >= 15 is 0 Å². The Kier molecular flexibility index (Phi) is 6.09. The fourth-order valence-corrected chi connectivity index (χ4v) is 1.14. The van der Waals surface area contributed by atoms with Gasteiger partial charge in [-0.15, -0.1) is 0 Å². The smallest absolute Gasteiger partial charge is 0.406 e. The molecule has 0 aliphatic carbocycles. The first kappa shape index (κ1) is 17.0. The molecule has 0 saturated heterocycles. The quantitative estimate of drug-likeness (QED) is 0.650. The minimum Gasteiger partial charge on any atom is -0.480 e. The number of aliphatic carboxylic acids is 1. The van der Waals surface area contributed by atoms with Crippen molar-refractivity contribution >= 4 is 17.9 Å². The number of carboxylic acids is 1. The van der Waals surface area contributed by atoms with Crippen LogP contribution in [-0.4, -0.2) is 60.3 Å². The van der Waals surface area contributed by atoms with Gasteiger partial charge in [0.2, 0.25) is 5.91 Å². The highest BCUT2D eigenvalue weighted by Gasteiger charge is 2.34. The number of hydrogen-bond acceptors (Lipinski definition) is 3. The number of carboxylic acid groups (broad SMARTS) is 1. The van der Waals surface area contributed by atoms with Gasteiger partial charge in [0, 0.05) is 7.05 Å². The summed E-state index contributed by atoms with van der Waals surface area (Å²) in [6, 6.07) is -2.36. The maximum absolute atomic E-state index is 12.2. The van der Waals surface area contributed by atoms with E-state index in [4.69, 9.17) is 5.11 Å². The second-order valence-corrected chi connectivity index (χ2v) is 3.65. The van der Waals surface area contributed by atoms with Crippen molar-refractivity contribution in [2.24, 2.45) is 0 Å². The van der Waals surface area contributed by atoms with Crippen LogP contribution in [0.5, 0.6) is 0 Å². The van der Waals surface area contributed by atoms with E-state index in [0.29, 0.717) is 0 Å². The molecule has 0 aromatic carbocycles. The van der Waals surface area contributed by atoms with Gasteiger partial charge in [-0.25, -0.2) is 4.79 Å². The average Bonchev–Trinajstić information content (AvgIpc) is 2.24. The number of carbonyl (C=O) groups excluding carboxylic acids is 2. The fraction of sp³-hybridized carbons (Fsp3) is 0.667. The predicted octanol–water partition coefficient (Wildman–Crippen LogP) is -0.221. The minimum atomic E-state index is -4.73. The van der Waals surface area contributed by atoms with Crippen LogP contribution in [0.1, 0.15) is 6.92 Å². The van der Waals surface area contributed by atoms with E-state index < -0.39 is 43.2 Å². The number of nitrogens with one attached hydrogen (secondary N) is 2. The summed E-state index contributed by atoms with van der Waals surface area (Å²) in [5, 5.41) is 12.6. The third-order valence-corrected chi connectivity index (χ3v) is 1.96. The number of carbonyl (C=O) groups is 3. The second-order valence-electron chi connectivity index (χ2n) is 3.65. The van der Waals surface area contributed by atoms with E-state index in [2.05, 4.69) is 5.32 Å². The van der Waals surface area contributed by atoms with E-state index in [1.165, 1.54) is 14.0 Å². The first-order valence-electron chi connectivity index (χ1n) is 5.12. The van der Waals surface area contributed by atoms with Crippen molar-refractivity contribution in [3.8, 4) is 0 Å². The van der Waals surface area contributed by atoms with Crippen molar-refractivity contribution < 1.29 is 32.7 Å². The number of likely N-dealkylation sites (N-methyl/N-ethyl adjacent to an activating group) is 1. The topological polar surface area (TPSA) is 98.7 Å². The third-order valence-electron chi connectivity index (χ3n) is 1.96. The van der Waals surface area contributed by atoms with Crippen LogP contribution in [-0.2, 0) is 9.59 Å². The Labute approximate surface area is 106 Å². The normalized spacial score (nSPS) is 12.5. The van der Waals surface area contributed by atoms with Crippen LogP contribution in [0.3, 0.4) is 0 Å². The van der Waals surface area contributed by atoms with E-state index in [1.807, 2.05) is 5.32 Å². The minimum absolute atomic E-state index is 0.0573. The first-order valence-corrected chi connectivity index (χ1v) is 5.12. The largest absolute Gasteiger partial charge is 0.480 e. The molecule has 0 radical (unpaired) electrons. The van der Waals surface area contributed by atoms with Crippen LogP contribution in [0.4, 0.5) is 18.0 Å². The zero-order valence-electron chi connectivity index (χ0n) is 10.2. The Morgan fingerprint density at radius 2 is 1.84 bits per heavy atom. The number of halogens is 3. The zero-order chi connectivity index (χ0) is 15.2. The summed E-state index contributed by atoms with van der Waals surface area (Å²) < 4.78 is 36.6. The Hall–Kier alpha value is -2.00. The van der Waals surface area contributed by atoms with Crippen LogP contribution in [0.2, 0.25) is 0 Å². The average molecular weight is 285 g/mol. The molecule has 0 aromatic heterocycles. The highest BCUT2D eigenvalue weighted by molar-refractivity contribution is 5.87. The monoisotopic (exact) mass is 285 g/mol. The Bertz CT molecular complexity index is 359. The number of amides is 3. The van der Waals surface area contributed by atoms with Gasteiger partial charge in [-0.2, -0.15) is 13.2 Å². The molecule has 0 aromatic rings. The van der Waals surface area contributed by atoms with Crippen molar-refractivity contribution in [1.29, 1.82) is 0 Å². The second kappa shape index (κ2) is 6.81. The molecule has 0 spiro atoms. The van der Waals surface area contributed by atoms with Crippen molar-refractivity contribution in [1.82, 2.24) is 15.5 Å². The number of urea groups is 1. The van der Waals surface area contributed by atoms with Crippen molar-refractivity contribution in [3.05, 3.63) is 0 Å². The van der Waals surface area contributed by atoms with Gasteiger partial charge in [0.15, 0.2) is 0 Å². The van der Waals surface area contributed by atoms with Gasteiger partial charge < -0.3 is 20.6 Å². The van der Waals surface area contributed by atoms with Gasteiger partial charge in [0.05, 0.1) is 0 Å². The number of rotatable bonds is 5. The molecule has 0 heterocycles. The lowest BCUT2D eigenvalue weighted by Gasteiger charge is -2.24. The molecule has 0 bridgehead atoms. The van der Waals surface area contributed by atoms with Gasteiger partial charge in [-0.1, -0.05) is 0 Å². The summed E-state index contributed by atoms with van der Waals surface area (Å²) in [7, 11) is 1.29. The molecule has 7 nitrogen and oxygen atoms in total. The number of alkyl halides is 3. The lowest BCUT2D eigenvalue weighted by atomic mass is 10.3. The van der Waals surface area contributed by atoms with Crippen LogP contribution < -0.4 is 10.6 Å². The fourth-order valence-electron chi connectivity index (χ4n) is 1.14. The summed E-state index contributed by atoms with van der Waals surface area (Å²) in [5.41, 5.74) is 0. The molecular formula is C9H14F3N3O4. The predicted molar refractivity (Wildman–Crippen MR) is 57.3 cm³/mol. The van der Waals surface area contributed by atoms with Gasteiger partial charge >= 0.3 is 18.2 Å². The van der Waals surface area contributed by atoms with E-state index in [9.17, 15) is 27.6 Å². The molecule has 19 heavy (non-hydrogen) atoms.